The predicted octanol–water partition coefficient (Wildman–Crippen LogP) is 1.09. The Bertz CT molecular complexity index is 502. The zero-order chi connectivity index (χ0) is 15.0. The molecule has 1 aromatic rings. The van der Waals surface area contributed by atoms with Crippen LogP contribution in [0.15, 0.2) is 36.4 Å². The number of hydrogen-bond acceptors (Lipinski definition) is 4. The fourth-order valence-corrected chi connectivity index (χ4v) is 1.48. The van der Waals surface area contributed by atoms with E-state index in [1.807, 2.05) is 0 Å². The maximum absolute atomic E-state index is 13.0. The van der Waals surface area contributed by atoms with Crippen molar-refractivity contribution in [3.8, 4) is 0 Å². The van der Waals surface area contributed by atoms with Gasteiger partial charge in [0.05, 0.1) is 19.6 Å². The topological polar surface area (TPSA) is 75.6 Å². The van der Waals surface area contributed by atoms with Gasteiger partial charge < -0.3 is 15.2 Å². The third kappa shape index (κ3) is 5.62. The average Bonchev–Trinajstić information content (AvgIpc) is 2.43. The number of hydrogen-bond donors (Lipinski definition) is 2. The van der Waals surface area contributed by atoms with Crippen LogP contribution in [0.1, 0.15) is 18.1 Å². The van der Waals surface area contributed by atoms with Crippen LogP contribution in [0.2, 0.25) is 0 Å². The lowest BCUT2D eigenvalue weighted by atomic mass is 10.1. The minimum atomic E-state index is -1.07. The third-order valence-corrected chi connectivity index (χ3v) is 2.48. The van der Waals surface area contributed by atoms with Crippen LogP contribution in [-0.4, -0.2) is 30.6 Å². The Morgan fingerprint density at radius 1 is 1.50 bits per heavy atom. The molecule has 1 aromatic carbocycles. The van der Waals surface area contributed by atoms with E-state index in [9.17, 15) is 19.1 Å². The number of carbonyl (C=O) groups excluding carboxylic acids is 2. The van der Waals surface area contributed by atoms with E-state index in [1.165, 1.54) is 43.5 Å². The Balaban J connectivity index is 2.39. The molecule has 1 rings (SSSR count). The Morgan fingerprint density at radius 2 is 2.25 bits per heavy atom. The van der Waals surface area contributed by atoms with Crippen LogP contribution in [0.3, 0.4) is 0 Å². The van der Waals surface area contributed by atoms with Crippen LogP contribution in [-0.2, 0) is 14.3 Å². The van der Waals surface area contributed by atoms with Crippen molar-refractivity contribution in [2.45, 2.75) is 12.5 Å². The van der Waals surface area contributed by atoms with Gasteiger partial charge in [-0.3, -0.25) is 4.79 Å². The van der Waals surface area contributed by atoms with Crippen molar-refractivity contribution in [3.63, 3.8) is 0 Å². The van der Waals surface area contributed by atoms with Crippen molar-refractivity contribution >= 4 is 11.9 Å². The first kappa shape index (κ1) is 15.8. The summed E-state index contributed by atoms with van der Waals surface area (Å²) in [7, 11) is 1.25. The summed E-state index contributed by atoms with van der Waals surface area (Å²) in [6, 6.07) is 5.44. The molecule has 0 aromatic heterocycles. The smallest absolute Gasteiger partial charge is 0.330 e. The molecule has 1 unspecified atom stereocenters. The second kappa shape index (κ2) is 8.06. The fraction of sp³-hybridized carbons (Fsp3) is 0.286. The zero-order valence-electron chi connectivity index (χ0n) is 11.0. The molecular formula is C14H16FNO4. The van der Waals surface area contributed by atoms with Crippen LogP contribution in [0.4, 0.5) is 4.39 Å². The molecule has 20 heavy (non-hydrogen) atoms. The van der Waals surface area contributed by atoms with Gasteiger partial charge >= 0.3 is 5.97 Å². The third-order valence-electron chi connectivity index (χ3n) is 2.48. The second-order valence-corrected chi connectivity index (χ2v) is 4.00. The van der Waals surface area contributed by atoms with E-state index in [0.29, 0.717) is 5.56 Å². The molecule has 0 saturated carbocycles. The number of esters is 1. The lowest BCUT2D eigenvalue weighted by molar-refractivity contribution is -0.134. The number of nitrogens with one attached hydrogen (secondary N) is 1. The molecule has 0 aliphatic heterocycles. The van der Waals surface area contributed by atoms with E-state index in [1.54, 1.807) is 0 Å². The first-order valence-electron chi connectivity index (χ1n) is 5.97. The molecule has 5 nitrogen and oxygen atoms in total. The van der Waals surface area contributed by atoms with Crippen molar-refractivity contribution in [2.24, 2.45) is 0 Å². The van der Waals surface area contributed by atoms with E-state index >= 15 is 0 Å². The maximum Gasteiger partial charge on any atom is 0.330 e. The molecule has 0 aliphatic rings. The van der Waals surface area contributed by atoms with Crippen LogP contribution in [0, 0.1) is 5.82 Å². The van der Waals surface area contributed by atoms with E-state index in [-0.39, 0.29) is 13.0 Å². The summed E-state index contributed by atoms with van der Waals surface area (Å²) in [6.07, 6.45) is 1.35. The summed E-state index contributed by atoms with van der Waals surface area (Å²) in [5, 5.41) is 12.3. The summed E-state index contributed by atoms with van der Waals surface area (Å²) >= 11 is 0. The maximum atomic E-state index is 13.0. The van der Waals surface area contributed by atoms with Gasteiger partial charge in [0.1, 0.15) is 5.82 Å². The minimum Gasteiger partial charge on any atom is -0.466 e. The van der Waals surface area contributed by atoms with Gasteiger partial charge in [-0.05, 0) is 17.7 Å². The average molecular weight is 281 g/mol. The van der Waals surface area contributed by atoms with Gasteiger partial charge in [0, 0.05) is 12.6 Å². The Morgan fingerprint density at radius 3 is 2.90 bits per heavy atom. The van der Waals surface area contributed by atoms with E-state index in [4.69, 9.17) is 0 Å². The highest BCUT2D eigenvalue weighted by Gasteiger charge is 2.12. The molecule has 1 atom stereocenters. The van der Waals surface area contributed by atoms with Gasteiger partial charge in [-0.2, -0.15) is 0 Å². The fourth-order valence-electron chi connectivity index (χ4n) is 1.48. The number of halogens is 1. The van der Waals surface area contributed by atoms with Crippen LogP contribution >= 0.6 is 0 Å². The first-order chi connectivity index (χ1) is 9.52. The molecule has 0 fully saturated rings. The van der Waals surface area contributed by atoms with Crippen LogP contribution in [0.5, 0.6) is 0 Å². The Labute approximate surface area is 116 Å². The number of methoxy groups -OCH3 is 1. The van der Waals surface area contributed by atoms with Gasteiger partial charge in [-0.25, -0.2) is 9.18 Å². The number of amides is 1. The molecule has 108 valence electrons. The molecule has 0 heterocycles. The van der Waals surface area contributed by atoms with Crippen molar-refractivity contribution < 1.29 is 23.8 Å². The molecule has 0 bridgehead atoms. The van der Waals surface area contributed by atoms with Gasteiger partial charge in [0.25, 0.3) is 0 Å². The Kier molecular flexibility index (Phi) is 6.39. The molecule has 1 amide bonds. The second-order valence-electron chi connectivity index (χ2n) is 4.00. The monoisotopic (exact) mass is 281 g/mol. The van der Waals surface area contributed by atoms with Crippen molar-refractivity contribution in [1.82, 2.24) is 5.32 Å². The molecular weight excluding hydrogens is 265 g/mol. The number of aliphatic hydroxyl groups is 1. The number of rotatable bonds is 6. The number of benzene rings is 1. The normalized spacial score (nSPS) is 12.2. The van der Waals surface area contributed by atoms with Gasteiger partial charge in [-0.15, -0.1) is 0 Å². The largest absolute Gasteiger partial charge is 0.466 e. The standard InChI is InChI=1S/C14H16FNO4/c1-20-14(19)6-3-7-16-13(18)9-12(17)10-4-2-5-11(15)8-10/h2-6,8,12,17H,7,9H2,1H3,(H,16,18)/b6-3+. The summed E-state index contributed by atoms with van der Waals surface area (Å²) in [6.45, 7) is 0.143. The van der Waals surface area contributed by atoms with E-state index < -0.39 is 23.8 Å². The lowest BCUT2D eigenvalue weighted by Gasteiger charge is -2.10. The van der Waals surface area contributed by atoms with Crippen molar-refractivity contribution in [2.75, 3.05) is 13.7 Å². The molecule has 0 saturated heterocycles. The molecule has 0 aliphatic carbocycles. The highest BCUT2D eigenvalue weighted by Crippen LogP contribution is 2.17. The van der Waals surface area contributed by atoms with Crippen molar-refractivity contribution in [1.29, 1.82) is 0 Å². The number of carbonyl (C=O) groups is 2. The Hall–Kier alpha value is -2.21. The van der Waals surface area contributed by atoms with Crippen LogP contribution < -0.4 is 5.32 Å². The van der Waals surface area contributed by atoms with Gasteiger partial charge in [0.15, 0.2) is 0 Å². The SMILES string of the molecule is COC(=O)/C=C/CNC(=O)CC(O)c1cccc(F)c1. The lowest BCUT2D eigenvalue weighted by Crippen LogP contribution is -2.25. The molecule has 2 N–H and O–H groups in total. The molecule has 0 spiro atoms. The highest BCUT2D eigenvalue weighted by atomic mass is 19.1. The quantitative estimate of drug-likeness (QED) is 0.604. The highest BCUT2D eigenvalue weighted by molar-refractivity contribution is 5.82. The summed E-state index contributed by atoms with van der Waals surface area (Å²) in [5.74, 6) is -1.39. The summed E-state index contributed by atoms with van der Waals surface area (Å²) < 4.78 is 17.3. The number of ether oxygens (including phenoxy) is 1. The van der Waals surface area contributed by atoms with E-state index in [2.05, 4.69) is 10.1 Å². The predicted molar refractivity (Wildman–Crippen MR) is 70.1 cm³/mol. The summed E-state index contributed by atoms with van der Waals surface area (Å²) in [5.41, 5.74) is 0.338. The van der Waals surface area contributed by atoms with E-state index in [0.717, 1.165) is 0 Å². The first-order valence-corrected chi connectivity index (χ1v) is 5.97. The van der Waals surface area contributed by atoms with Gasteiger partial charge in [0.2, 0.25) is 5.91 Å². The van der Waals surface area contributed by atoms with Gasteiger partial charge in [-0.1, -0.05) is 18.2 Å². The number of aliphatic hydroxyl groups excluding tert-OH is 1. The van der Waals surface area contributed by atoms with Crippen LogP contribution in [0.25, 0.3) is 0 Å². The molecule has 6 heteroatoms. The zero-order valence-corrected chi connectivity index (χ0v) is 11.0. The molecule has 0 radical (unpaired) electrons. The minimum absolute atomic E-state index is 0.143. The summed E-state index contributed by atoms with van der Waals surface area (Å²) in [4.78, 5) is 22.3. The van der Waals surface area contributed by atoms with Crippen molar-refractivity contribution in [3.05, 3.63) is 47.8 Å².